The zero-order valence-electron chi connectivity index (χ0n) is 34.5. The molecular formula is C40H51N9O13S. The summed E-state index contributed by atoms with van der Waals surface area (Å²) in [5, 5.41) is 52.8. The van der Waals surface area contributed by atoms with Crippen molar-refractivity contribution in [2.24, 2.45) is 5.73 Å². The SMILES string of the molecule is CSCC[C@H](NC(=O)NC(Cc1cccc(O)c1)C(=O)O)C(=O)NC(C(=O)N/C=C1/CC(O)C(n2ccc(=O)[nH]c2=O)O1)C(C)N(C)C(=O)[C@H](Cc1cccc(O)c1)NC(=O)CN. The molecule has 0 saturated carbocycles. The van der Waals surface area contributed by atoms with Gasteiger partial charge in [0, 0.05) is 44.8 Å². The predicted octanol–water partition coefficient (Wildman–Crippen LogP) is -1.68. The van der Waals surface area contributed by atoms with Crippen LogP contribution >= 0.6 is 11.8 Å². The molecule has 0 spiro atoms. The molecule has 63 heavy (non-hydrogen) atoms. The van der Waals surface area contributed by atoms with Gasteiger partial charge in [-0.25, -0.2) is 14.4 Å². The molecular weight excluding hydrogens is 847 g/mol. The number of carboxylic acid groups (broad SMARTS) is 1. The van der Waals surface area contributed by atoms with Crippen LogP contribution in [0.3, 0.4) is 0 Å². The number of aromatic nitrogens is 2. The van der Waals surface area contributed by atoms with Crippen LogP contribution in [0.4, 0.5) is 4.79 Å². The Balaban J connectivity index is 1.61. The summed E-state index contributed by atoms with van der Waals surface area (Å²) in [5.74, 6) is -4.53. The topological polar surface area (TPSA) is 337 Å². The third kappa shape index (κ3) is 14.1. The average Bonchev–Trinajstić information content (AvgIpc) is 3.61. The number of nitrogens with zero attached hydrogens (tertiary/aromatic N) is 2. The van der Waals surface area contributed by atoms with E-state index in [4.69, 9.17) is 10.5 Å². The van der Waals surface area contributed by atoms with E-state index in [9.17, 15) is 58.8 Å². The van der Waals surface area contributed by atoms with Gasteiger partial charge in [0.2, 0.25) is 29.9 Å². The van der Waals surface area contributed by atoms with Crippen LogP contribution in [-0.4, -0.2) is 132 Å². The number of aliphatic carboxylic acids is 1. The molecule has 1 fully saturated rings. The molecule has 2 aromatic carbocycles. The van der Waals surface area contributed by atoms with E-state index in [-0.39, 0.29) is 42.9 Å². The second-order valence-electron chi connectivity index (χ2n) is 14.5. The summed E-state index contributed by atoms with van der Waals surface area (Å²) in [6.07, 6.45) is 0.858. The first-order valence-corrected chi connectivity index (χ1v) is 20.9. The van der Waals surface area contributed by atoms with Gasteiger partial charge in [0.05, 0.1) is 12.6 Å². The summed E-state index contributed by atoms with van der Waals surface area (Å²) in [6.45, 7) is 0.963. The zero-order valence-corrected chi connectivity index (χ0v) is 35.3. The number of rotatable bonds is 20. The third-order valence-corrected chi connectivity index (χ3v) is 10.5. The highest BCUT2D eigenvalue weighted by Gasteiger charge is 2.38. The fourth-order valence-electron chi connectivity index (χ4n) is 6.48. The molecule has 12 N–H and O–H groups in total. The highest BCUT2D eigenvalue weighted by molar-refractivity contribution is 7.98. The number of likely N-dealkylation sites (N-methyl/N-ethyl adjacent to an activating group) is 1. The van der Waals surface area contributed by atoms with Crippen LogP contribution in [0.2, 0.25) is 0 Å². The number of aromatic amines is 1. The van der Waals surface area contributed by atoms with Gasteiger partial charge in [-0.3, -0.25) is 33.5 Å². The lowest BCUT2D eigenvalue weighted by Crippen LogP contribution is -2.62. The Bertz CT molecular complexity index is 2290. The van der Waals surface area contributed by atoms with E-state index in [1.165, 1.54) is 56.1 Å². The van der Waals surface area contributed by atoms with Crippen molar-refractivity contribution in [3.63, 3.8) is 0 Å². The smallest absolute Gasteiger partial charge is 0.331 e. The van der Waals surface area contributed by atoms with Crippen LogP contribution in [0.25, 0.3) is 0 Å². The van der Waals surface area contributed by atoms with Crippen molar-refractivity contribution in [3.8, 4) is 11.5 Å². The third-order valence-electron chi connectivity index (χ3n) is 9.89. The Hall–Kier alpha value is -6.85. The fourth-order valence-corrected chi connectivity index (χ4v) is 6.95. The number of aliphatic hydroxyl groups is 1. The van der Waals surface area contributed by atoms with E-state index < -0.39 is 96.0 Å². The number of carboxylic acids is 1. The summed E-state index contributed by atoms with van der Waals surface area (Å²) in [7, 11) is 1.32. The van der Waals surface area contributed by atoms with Gasteiger partial charge in [0.25, 0.3) is 5.56 Å². The number of benzene rings is 2. The number of H-pyrrole nitrogens is 1. The number of phenols is 2. The Morgan fingerprint density at radius 2 is 1.56 bits per heavy atom. The van der Waals surface area contributed by atoms with E-state index in [2.05, 4.69) is 31.6 Å². The van der Waals surface area contributed by atoms with Crippen LogP contribution in [0, 0.1) is 0 Å². The maximum Gasteiger partial charge on any atom is 0.331 e. The standard InChI is InChI=1S/C40H51N9O13S/c1-21(48(2)36(57)28(43-32(54)19-41)16-22-6-4-8-24(50)14-22)33(35(56)42-20-26-18-30(52)37(62-26)49-12-10-31(53)46-40(49)61)47-34(55)27(11-13-63-3)44-39(60)45-29(38(58)59)17-23-7-5-9-25(51)15-23/h4-10,12,14-15,20-21,27-30,33,37,50-52H,11,13,16-19,41H2,1-3H3,(H,42,56)(H,43,54)(H,47,55)(H,58,59)(H2,44,45,60)(H,46,53,61)/b26-20-/t21?,27-,28-,29?,30?,33?,37?/m0/s1. The predicted molar refractivity (Wildman–Crippen MR) is 227 cm³/mol. The number of carbonyl (C=O) groups excluding carboxylic acids is 5. The lowest BCUT2D eigenvalue weighted by atomic mass is 10.0. The molecule has 6 amide bonds. The van der Waals surface area contributed by atoms with Crippen molar-refractivity contribution in [2.75, 3.05) is 25.6 Å². The first-order valence-electron chi connectivity index (χ1n) is 19.5. The summed E-state index contributed by atoms with van der Waals surface area (Å²) < 4.78 is 6.65. The van der Waals surface area contributed by atoms with Gasteiger partial charge in [-0.05, 0) is 60.7 Å². The normalized spacial score (nSPS) is 17.5. The number of hydrogen-bond donors (Lipinski definition) is 11. The van der Waals surface area contributed by atoms with E-state index in [0.717, 1.165) is 27.9 Å². The molecule has 340 valence electrons. The van der Waals surface area contributed by atoms with Gasteiger partial charge < -0.3 is 62.4 Å². The van der Waals surface area contributed by atoms with Crippen molar-refractivity contribution in [1.29, 1.82) is 0 Å². The largest absolute Gasteiger partial charge is 0.508 e. The van der Waals surface area contributed by atoms with Gasteiger partial charge >= 0.3 is 17.7 Å². The van der Waals surface area contributed by atoms with Gasteiger partial charge in [0.15, 0.2) is 0 Å². The molecule has 2 heterocycles. The van der Waals surface area contributed by atoms with Crippen LogP contribution in [0.15, 0.2) is 82.3 Å². The van der Waals surface area contributed by atoms with E-state index in [1.807, 2.05) is 0 Å². The summed E-state index contributed by atoms with van der Waals surface area (Å²) in [5.41, 5.74) is 4.86. The monoisotopic (exact) mass is 897 g/mol. The molecule has 0 aliphatic carbocycles. The summed E-state index contributed by atoms with van der Waals surface area (Å²) in [6, 6.07) is 4.86. The number of aliphatic hydroxyl groups excluding tert-OH is 1. The van der Waals surface area contributed by atoms with Crippen molar-refractivity contribution < 1.29 is 53.9 Å². The highest BCUT2D eigenvalue weighted by atomic mass is 32.2. The first-order chi connectivity index (χ1) is 29.9. The minimum absolute atomic E-state index is 0.000605. The number of phenolic OH excluding ortho intramolecular Hbond substituents is 2. The van der Waals surface area contributed by atoms with Crippen molar-refractivity contribution in [1.82, 2.24) is 41.0 Å². The van der Waals surface area contributed by atoms with E-state index in [0.29, 0.717) is 16.9 Å². The number of carbonyl (C=O) groups is 6. The lowest BCUT2D eigenvalue weighted by molar-refractivity contribution is -0.140. The van der Waals surface area contributed by atoms with Crippen LogP contribution in [0.5, 0.6) is 11.5 Å². The summed E-state index contributed by atoms with van der Waals surface area (Å²) >= 11 is 1.33. The molecule has 7 atom stereocenters. The molecule has 1 aliphatic rings. The number of nitrogens with two attached hydrogens (primary N) is 1. The molecule has 23 heteroatoms. The van der Waals surface area contributed by atoms with E-state index >= 15 is 0 Å². The number of ether oxygens (including phenoxy) is 1. The molecule has 22 nitrogen and oxygen atoms in total. The van der Waals surface area contributed by atoms with Crippen molar-refractivity contribution in [3.05, 3.63) is 105 Å². The second-order valence-corrected chi connectivity index (χ2v) is 15.5. The second kappa shape index (κ2) is 22.8. The van der Waals surface area contributed by atoms with Crippen LogP contribution < -0.4 is 43.6 Å². The number of nitrogens with one attached hydrogen (secondary N) is 6. The van der Waals surface area contributed by atoms with Gasteiger partial charge in [-0.15, -0.1) is 0 Å². The number of urea groups is 1. The molecule has 0 bridgehead atoms. The highest BCUT2D eigenvalue weighted by Crippen LogP contribution is 2.30. The van der Waals surface area contributed by atoms with E-state index in [1.54, 1.807) is 24.5 Å². The number of aromatic hydroxyl groups is 2. The first kappa shape index (κ1) is 48.8. The zero-order chi connectivity index (χ0) is 46.4. The maximum atomic E-state index is 14.1. The average molecular weight is 898 g/mol. The Morgan fingerprint density at radius 3 is 2.13 bits per heavy atom. The number of thioether (sulfide) groups is 1. The van der Waals surface area contributed by atoms with Gasteiger partial charge in [-0.2, -0.15) is 11.8 Å². The Labute approximate surface area is 364 Å². The lowest BCUT2D eigenvalue weighted by Gasteiger charge is -2.34. The number of hydrogen-bond acceptors (Lipinski definition) is 14. The Morgan fingerprint density at radius 1 is 0.937 bits per heavy atom. The molecule has 3 aromatic rings. The van der Waals surface area contributed by atoms with Crippen LogP contribution in [-0.2, 0) is 41.6 Å². The molecule has 0 radical (unpaired) electrons. The van der Waals surface area contributed by atoms with Gasteiger partial charge in [0.1, 0.15) is 47.5 Å². The van der Waals surface area contributed by atoms with Crippen molar-refractivity contribution >= 4 is 47.4 Å². The molecule has 1 aromatic heterocycles. The molecule has 1 saturated heterocycles. The molecule has 5 unspecified atom stereocenters. The maximum absolute atomic E-state index is 14.1. The quantitative estimate of drug-likeness (QED) is 0.0604. The molecule has 1 aliphatic heterocycles. The number of amides is 6. The van der Waals surface area contributed by atoms with Crippen LogP contribution in [0.1, 0.15) is 37.1 Å². The fraction of sp³-hybridized carbons (Fsp3) is 0.400. The molecule has 4 rings (SSSR count). The van der Waals surface area contributed by atoms with Gasteiger partial charge in [-0.1, -0.05) is 24.3 Å². The summed E-state index contributed by atoms with van der Waals surface area (Å²) in [4.78, 5) is 107. The minimum atomic E-state index is -1.61. The minimum Gasteiger partial charge on any atom is -0.508 e. The Kier molecular flexibility index (Phi) is 17.7. The van der Waals surface area contributed by atoms with Crippen molar-refractivity contribution in [2.45, 2.75) is 75.1 Å².